The second-order valence-electron chi connectivity index (χ2n) is 6.10. The molecule has 0 spiro atoms. The summed E-state index contributed by atoms with van der Waals surface area (Å²) >= 11 is 0. The summed E-state index contributed by atoms with van der Waals surface area (Å²) in [4.78, 5) is 4.48. The number of ether oxygens (including phenoxy) is 1. The predicted octanol–water partition coefficient (Wildman–Crippen LogP) is 1.18. The normalized spacial score (nSPS) is 23.3. The van der Waals surface area contributed by atoms with Gasteiger partial charge in [-0.1, -0.05) is 6.92 Å². The smallest absolute Gasteiger partial charge is 0.191 e. The fourth-order valence-corrected chi connectivity index (χ4v) is 2.87. The van der Waals surface area contributed by atoms with Crippen LogP contribution >= 0.6 is 0 Å². The largest absolute Gasteiger partial charge is 0.378 e. The first-order valence-electron chi connectivity index (χ1n) is 8.21. The third-order valence-electron chi connectivity index (χ3n) is 3.80. The van der Waals surface area contributed by atoms with Crippen molar-refractivity contribution in [3.8, 4) is 0 Å². The minimum absolute atomic E-state index is 0.0648. The lowest BCUT2D eigenvalue weighted by Gasteiger charge is -2.28. The Hall–Kier alpha value is -0.820. The molecule has 0 atom stereocenters. The molecule has 0 saturated heterocycles. The summed E-state index contributed by atoms with van der Waals surface area (Å²) in [5.41, 5.74) is 0. The van der Waals surface area contributed by atoms with Gasteiger partial charge in [0.25, 0.3) is 0 Å². The van der Waals surface area contributed by atoms with Crippen LogP contribution in [-0.2, 0) is 14.6 Å². The van der Waals surface area contributed by atoms with Gasteiger partial charge in [0.05, 0.1) is 25.5 Å². The van der Waals surface area contributed by atoms with Crippen LogP contribution in [0.4, 0.5) is 0 Å². The molecule has 0 heterocycles. The van der Waals surface area contributed by atoms with Crippen molar-refractivity contribution >= 4 is 15.8 Å². The van der Waals surface area contributed by atoms with Crippen molar-refractivity contribution in [3.63, 3.8) is 0 Å². The Kier molecular flexibility index (Phi) is 8.78. The molecule has 0 bridgehead atoms. The molecule has 1 saturated carbocycles. The maximum atomic E-state index is 11.0. The number of aliphatic imine (C=N–C) groups is 1. The van der Waals surface area contributed by atoms with Gasteiger partial charge in [-0.25, -0.2) is 8.42 Å². The van der Waals surface area contributed by atoms with Gasteiger partial charge in [-0.15, -0.1) is 0 Å². The van der Waals surface area contributed by atoms with Gasteiger partial charge in [-0.05, 0) is 38.5 Å². The number of nitrogens with zero attached hydrogens (tertiary/aromatic N) is 1. The summed E-state index contributed by atoms with van der Waals surface area (Å²) in [7, 11) is -2.95. The highest BCUT2D eigenvalue weighted by molar-refractivity contribution is 7.90. The van der Waals surface area contributed by atoms with Gasteiger partial charge in [0.2, 0.25) is 0 Å². The van der Waals surface area contributed by atoms with E-state index in [2.05, 4.69) is 22.5 Å². The van der Waals surface area contributed by atoms with Crippen LogP contribution < -0.4 is 10.6 Å². The second kappa shape index (κ2) is 10.0. The number of hydrogen-bond donors (Lipinski definition) is 2. The van der Waals surface area contributed by atoms with Gasteiger partial charge >= 0.3 is 0 Å². The molecule has 0 unspecified atom stereocenters. The van der Waals surface area contributed by atoms with E-state index >= 15 is 0 Å². The maximum Gasteiger partial charge on any atom is 0.191 e. The predicted molar refractivity (Wildman–Crippen MR) is 91.1 cm³/mol. The molecule has 1 aliphatic carbocycles. The summed E-state index contributed by atoms with van der Waals surface area (Å²) in [6.07, 6.45) is 6.14. The highest BCUT2D eigenvalue weighted by atomic mass is 32.2. The van der Waals surface area contributed by atoms with Gasteiger partial charge in [0.1, 0.15) is 9.84 Å². The Balaban J connectivity index is 2.26. The van der Waals surface area contributed by atoms with Crippen molar-refractivity contribution in [1.29, 1.82) is 0 Å². The summed E-state index contributed by atoms with van der Waals surface area (Å²) in [6, 6.07) is 0.500. The van der Waals surface area contributed by atoms with Gasteiger partial charge in [0.15, 0.2) is 5.96 Å². The lowest BCUT2D eigenvalue weighted by Crippen LogP contribution is -2.44. The van der Waals surface area contributed by atoms with Crippen LogP contribution in [0.25, 0.3) is 0 Å². The lowest BCUT2D eigenvalue weighted by molar-refractivity contribution is 0.157. The van der Waals surface area contributed by atoms with Crippen molar-refractivity contribution in [2.45, 2.75) is 45.6 Å². The topological polar surface area (TPSA) is 79.8 Å². The van der Waals surface area contributed by atoms with Crippen molar-refractivity contribution in [3.05, 3.63) is 0 Å². The number of nitrogens with one attached hydrogen (secondary N) is 2. The van der Waals surface area contributed by atoms with Crippen LogP contribution in [0.2, 0.25) is 0 Å². The Morgan fingerprint density at radius 1 is 1.23 bits per heavy atom. The molecular formula is C15H31N3O3S. The lowest BCUT2D eigenvalue weighted by atomic mass is 9.87. The molecule has 0 aliphatic heterocycles. The quantitative estimate of drug-likeness (QED) is 0.396. The minimum atomic E-state index is -2.95. The standard InChI is InChI=1S/C15H31N3O3S/c1-4-16-15(18-14-7-5-13(2)6-8-14)17-9-10-21-11-12-22(3,19)20/h13-14H,4-12H2,1-3H3,(H2,16,17,18). The van der Waals surface area contributed by atoms with E-state index in [4.69, 9.17) is 4.74 Å². The first-order chi connectivity index (χ1) is 10.4. The molecule has 6 nitrogen and oxygen atoms in total. The van der Waals surface area contributed by atoms with Crippen LogP contribution in [0.1, 0.15) is 39.5 Å². The highest BCUT2D eigenvalue weighted by Crippen LogP contribution is 2.23. The fraction of sp³-hybridized carbons (Fsp3) is 0.933. The third kappa shape index (κ3) is 9.25. The van der Waals surface area contributed by atoms with Crippen molar-refractivity contribution in [2.24, 2.45) is 10.9 Å². The maximum absolute atomic E-state index is 11.0. The molecule has 2 N–H and O–H groups in total. The summed E-state index contributed by atoms with van der Waals surface area (Å²) in [6.45, 7) is 6.38. The van der Waals surface area contributed by atoms with E-state index in [1.165, 1.54) is 31.9 Å². The highest BCUT2D eigenvalue weighted by Gasteiger charge is 2.18. The minimum Gasteiger partial charge on any atom is -0.378 e. The van der Waals surface area contributed by atoms with E-state index < -0.39 is 9.84 Å². The fourth-order valence-electron chi connectivity index (χ4n) is 2.45. The molecule has 1 aliphatic rings. The number of rotatable bonds is 8. The van der Waals surface area contributed by atoms with E-state index in [1.54, 1.807) is 0 Å². The monoisotopic (exact) mass is 333 g/mol. The molecule has 22 heavy (non-hydrogen) atoms. The molecule has 0 radical (unpaired) electrons. The summed E-state index contributed by atoms with van der Waals surface area (Å²) < 4.78 is 27.2. The Bertz CT molecular complexity index is 429. The van der Waals surface area contributed by atoms with Crippen LogP contribution in [0.3, 0.4) is 0 Å². The van der Waals surface area contributed by atoms with E-state index in [0.717, 1.165) is 18.4 Å². The SMILES string of the molecule is CCNC(=NCCOCCS(C)(=O)=O)NC1CCC(C)CC1. The summed E-state index contributed by atoms with van der Waals surface area (Å²) in [5, 5.41) is 6.72. The zero-order valence-electron chi connectivity index (χ0n) is 14.1. The van der Waals surface area contributed by atoms with Crippen LogP contribution in [0.5, 0.6) is 0 Å². The Labute approximate surface area is 135 Å². The van der Waals surface area contributed by atoms with E-state index in [1.807, 2.05) is 6.92 Å². The first kappa shape index (κ1) is 19.2. The molecule has 0 aromatic rings. The third-order valence-corrected chi connectivity index (χ3v) is 4.71. The van der Waals surface area contributed by atoms with Gasteiger partial charge in [-0.2, -0.15) is 0 Å². The zero-order chi connectivity index (χ0) is 16.4. The molecule has 1 fully saturated rings. The number of sulfone groups is 1. The zero-order valence-corrected chi connectivity index (χ0v) is 14.9. The summed E-state index contributed by atoms with van der Waals surface area (Å²) in [5.74, 6) is 1.73. The first-order valence-corrected chi connectivity index (χ1v) is 10.3. The molecule has 1 rings (SSSR count). The van der Waals surface area contributed by atoms with Gasteiger partial charge in [0, 0.05) is 18.8 Å². The van der Waals surface area contributed by atoms with E-state index in [-0.39, 0.29) is 12.4 Å². The van der Waals surface area contributed by atoms with Crippen molar-refractivity contribution in [1.82, 2.24) is 10.6 Å². The number of guanidine groups is 1. The van der Waals surface area contributed by atoms with Crippen LogP contribution in [0.15, 0.2) is 4.99 Å². The average molecular weight is 333 g/mol. The average Bonchev–Trinajstić information content (AvgIpc) is 2.44. The van der Waals surface area contributed by atoms with Crippen LogP contribution in [-0.4, -0.2) is 58.7 Å². The van der Waals surface area contributed by atoms with Crippen molar-refractivity contribution in [2.75, 3.05) is 38.3 Å². The van der Waals surface area contributed by atoms with E-state index in [9.17, 15) is 8.42 Å². The molecule has 0 amide bonds. The van der Waals surface area contributed by atoms with Crippen molar-refractivity contribution < 1.29 is 13.2 Å². The molecule has 130 valence electrons. The Morgan fingerprint density at radius 3 is 2.50 bits per heavy atom. The van der Waals surface area contributed by atoms with Gasteiger partial charge in [-0.3, -0.25) is 4.99 Å². The second-order valence-corrected chi connectivity index (χ2v) is 8.36. The Morgan fingerprint density at radius 2 is 1.91 bits per heavy atom. The molecule has 0 aromatic carbocycles. The van der Waals surface area contributed by atoms with Gasteiger partial charge < -0.3 is 15.4 Å². The molecular weight excluding hydrogens is 302 g/mol. The van der Waals surface area contributed by atoms with Crippen LogP contribution in [0, 0.1) is 5.92 Å². The van der Waals surface area contributed by atoms with E-state index in [0.29, 0.717) is 19.2 Å². The number of hydrogen-bond acceptors (Lipinski definition) is 4. The molecule has 7 heteroatoms. The molecule has 0 aromatic heterocycles.